The minimum atomic E-state index is -0.778. The van der Waals surface area contributed by atoms with Crippen LogP contribution >= 0.6 is 0 Å². The van der Waals surface area contributed by atoms with Crippen LogP contribution in [-0.4, -0.2) is 31.2 Å². The number of anilines is 2. The second-order valence-corrected chi connectivity index (χ2v) is 6.28. The molecular formula is C19H23FN2O2. The van der Waals surface area contributed by atoms with Crippen molar-refractivity contribution >= 4 is 17.3 Å². The molecule has 0 aliphatic carbocycles. The average Bonchev–Trinajstić information content (AvgIpc) is 2.56. The molecule has 0 spiro atoms. The van der Waals surface area contributed by atoms with Gasteiger partial charge in [0.05, 0.1) is 12.0 Å². The second kappa shape index (κ2) is 7.45. The molecule has 0 aliphatic rings. The molecule has 0 saturated carbocycles. The van der Waals surface area contributed by atoms with Crippen LogP contribution in [0.15, 0.2) is 48.5 Å². The molecule has 2 aromatic rings. The lowest BCUT2D eigenvalue weighted by molar-refractivity contribution is -0.120. The lowest BCUT2D eigenvalue weighted by Crippen LogP contribution is -2.34. The number of carbonyl (C=O) groups is 1. The first-order valence-electron chi connectivity index (χ1n) is 7.84. The first-order valence-corrected chi connectivity index (χ1v) is 7.84. The molecule has 128 valence electrons. The Hall–Kier alpha value is -2.40. The summed E-state index contributed by atoms with van der Waals surface area (Å²) in [7, 11) is 1.89. The highest BCUT2D eigenvalue weighted by Gasteiger charge is 2.29. The van der Waals surface area contributed by atoms with Crippen LogP contribution in [0.5, 0.6) is 0 Å². The molecule has 5 heteroatoms. The van der Waals surface area contributed by atoms with Gasteiger partial charge in [0.2, 0.25) is 5.91 Å². The molecule has 0 bridgehead atoms. The largest absolute Gasteiger partial charge is 0.395 e. The number of aliphatic hydroxyl groups excluding tert-OH is 1. The molecule has 0 aliphatic heterocycles. The van der Waals surface area contributed by atoms with Gasteiger partial charge in [0.25, 0.3) is 0 Å². The van der Waals surface area contributed by atoms with Crippen LogP contribution in [-0.2, 0) is 10.2 Å². The van der Waals surface area contributed by atoms with Crippen molar-refractivity contribution in [1.82, 2.24) is 0 Å². The Balaban J connectivity index is 2.09. The van der Waals surface area contributed by atoms with Crippen LogP contribution in [0.3, 0.4) is 0 Å². The molecule has 0 heterocycles. The topological polar surface area (TPSA) is 52.6 Å². The van der Waals surface area contributed by atoms with Crippen molar-refractivity contribution in [2.24, 2.45) is 0 Å². The van der Waals surface area contributed by atoms with E-state index in [-0.39, 0.29) is 18.3 Å². The van der Waals surface area contributed by atoms with Crippen molar-refractivity contribution in [3.8, 4) is 0 Å². The van der Waals surface area contributed by atoms with E-state index in [1.165, 1.54) is 12.1 Å². The van der Waals surface area contributed by atoms with Crippen LogP contribution < -0.4 is 10.2 Å². The Morgan fingerprint density at radius 2 is 1.71 bits per heavy atom. The zero-order valence-corrected chi connectivity index (χ0v) is 14.2. The number of carbonyl (C=O) groups excluding carboxylic acids is 1. The van der Waals surface area contributed by atoms with Gasteiger partial charge in [-0.3, -0.25) is 4.79 Å². The summed E-state index contributed by atoms with van der Waals surface area (Å²) in [6.07, 6.45) is 0. The predicted octanol–water partition coefficient (Wildman–Crippen LogP) is 3.17. The summed E-state index contributed by atoms with van der Waals surface area (Å²) in [6.45, 7) is 4.24. The van der Waals surface area contributed by atoms with E-state index in [0.717, 1.165) is 11.3 Å². The van der Waals surface area contributed by atoms with E-state index < -0.39 is 5.41 Å². The third kappa shape index (κ3) is 4.11. The van der Waals surface area contributed by atoms with Crippen molar-refractivity contribution in [3.63, 3.8) is 0 Å². The molecule has 24 heavy (non-hydrogen) atoms. The SMILES string of the molecule is CN(CCO)c1ccc(NC(=O)C(C)(C)c2ccc(F)cc2)cc1. The lowest BCUT2D eigenvalue weighted by atomic mass is 9.83. The van der Waals surface area contributed by atoms with E-state index in [0.29, 0.717) is 12.2 Å². The van der Waals surface area contributed by atoms with Gasteiger partial charge in [-0.2, -0.15) is 0 Å². The van der Waals surface area contributed by atoms with Gasteiger partial charge < -0.3 is 15.3 Å². The standard InChI is InChI=1S/C19H23FN2O2/c1-19(2,14-4-6-15(20)7-5-14)18(24)21-16-8-10-17(11-9-16)22(3)12-13-23/h4-11,23H,12-13H2,1-3H3,(H,21,24). The normalized spacial score (nSPS) is 11.2. The van der Waals surface area contributed by atoms with Crippen molar-refractivity contribution < 1.29 is 14.3 Å². The molecule has 2 aromatic carbocycles. The van der Waals surface area contributed by atoms with Crippen molar-refractivity contribution in [3.05, 3.63) is 59.9 Å². The maximum absolute atomic E-state index is 13.1. The minimum absolute atomic E-state index is 0.0842. The number of rotatable bonds is 6. The quantitative estimate of drug-likeness (QED) is 0.855. The number of aliphatic hydroxyl groups is 1. The fraction of sp³-hybridized carbons (Fsp3) is 0.316. The zero-order chi connectivity index (χ0) is 17.7. The number of halogens is 1. The van der Waals surface area contributed by atoms with Gasteiger partial charge in [0, 0.05) is 25.0 Å². The van der Waals surface area contributed by atoms with E-state index in [1.807, 2.05) is 36.2 Å². The van der Waals surface area contributed by atoms with Crippen molar-refractivity contribution in [2.75, 3.05) is 30.4 Å². The van der Waals surface area contributed by atoms with Crippen molar-refractivity contribution in [1.29, 1.82) is 0 Å². The molecule has 4 nitrogen and oxygen atoms in total. The molecule has 2 N–H and O–H groups in total. The van der Waals surface area contributed by atoms with E-state index in [2.05, 4.69) is 5.32 Å². The number of amides is 1. The maximum Gasteiger partial charge on any atom is 0.234 e. The van der Waals surface area contributed by atoms with Gasteiger partial charge >= 0.3 is 0 Å². The summed E-state index contributed by atoms with van der Waals surface area (Å²) in [5.41, 5.74) is 1.62. The summed E-state index contributed by atoms with van der Waals surface area (Å²) >= 11 is 0. The first-order chi connectivity index (χ1) is 11.3. The number of hydrogen-bond acceptors (Lipinski definition) is 3. The number of likely N-dealkylation sites (N-methyl/N-ethyl adjacent to an activating group) is 1. The number of hydrogen-bond donors (Lipinski definition) is 2. The second-order valence-electron chi connectivity index (χ2n) is 6.28. The third-order valence-electron chi connectivity index (χ3n) is 4.13. The fourth-order valence-electron chi connectivity index (χ4n) is 2.36. The van der Waals surface area contributed by atoms with E-state index in [1.54, 1.807) is 26.0 Å². The number of nitrogens with one attached hydrogen (secondary N) is 1. The Bertz CT molecular complexity index is 682. The third-order valence-corrected chi connectivity index (χ3v) is 4.13. The smallest absolute Gasteiger partial charge is 0.234 e. The molecular weight excluding hydrogens is 307 g/mol. The van der Waals surface area contributed by atoms with Crippen LogP contribution in [0.1, 0.15) is 19.4 Å². The first kappa shape index (κ1) is 17.9. The summed E-state index contributed by atoms with van der Waals surface area (Å²) in [6, 6.07) is 13.4. The molecule has 0 unspecified atom stereocenters. The summed E-state index contributed by atoms with van der Waals surface area (Å²) in [5.74, 6) is -0.483. The summed E-state index contributed by atoms with van der Waals surface area (Å²) in [5, 5.41) is 11.9. The Morgan fingerprint density at radius 1 is 1.12 bits per heavy atom. The average molecular weight is 330 g/mol. The van der Waals surface area contributed by atoms with Crippen LogP contribution in [0.2, 0.25) is 0 Å². The van der Waals surface area contributed by atoms with E-state index >= 15 is 0 Å². The van der Waals surface area contributed by atoms with Gasteiger partial charge in [-0.05, 0) is 55.8 Å². The Morgan fingerprint density at radius 3 is 2.25 bits per heavy atom. The lowest BCUT2D eigenvalue weighted by Gasteiger charge is -2.24. The van der Waals surface area contributed by atoms with Crippen LogP contribution in [0, 0.1) is 5.82 Å². The summed E-state index contributed by atoms with van der Waals surface area (Å²) in [4.78, 5) is 14.5. The minimum Gasteiger partial charge on any atom is -0.395 e. The zero-order valence-electron chi connectivity index (χ0n) is 14.2. The van der Waals surface area contributed by atoms with Gasteiger partial charge in [0.15, 0.2) is 0 Å². The molecule has 1 amide bonds. The predicted molar refractivity (Wildman–Crippen MR) is 94.9 cm³/mol. The highest BCUT2D eigenvalue weighted by molar-refractivity contribution is 5.98. The van der Waals surface area contributed by atoms with Gasteiger partial charge in [-0.1, -0.05) is 12.1 Å². The maximum atomic E-state index is 13.1. The van der Waals surface area contributed by atoms with E-state index in [4.69, 9.17) is 5.11 Å². The van der Waals surface area contributed by atoms with Crippen LogP contribution in [0.4, 0.5) is 15.8 Å². The molecule has 0 radical (unpaired) electrons. The molecule has 0 saturated heterocycles. The molecule has 0 aromatic heterocycles. The van der Waals surface area contributed by atoms with E-state index in [9.17, 15) is 9.18 Å². The molecule has 0 fully saturated rings. The molecule has 0 atom stereocenters. The Kier molecular flexibility index (Phi) is 5.57. The number of benzene rings is 2. The van der Waals surface area contributed by atoms with Gasteiger partial charge in [-0.15, -0.1) is 0 Å². The van der Waals surface area contributed by atoms with Crippen molar-refractivity contribution in [2.45, 2.75) is 19.3 Å². The fourth-order valence-corrected chi connectivity index (χ4v) is 2.36. The highest BCUT2D eigenvalue weighted by Crippen LogP contribution is 2.26. The Labute approximate surface area is 141 Å². The van der Waals surface area contributed by atoms with Gasteiger partial charge in [-0.25, -0.2) is 4.39 Å². The highest BCUT2D eigenvalue weighted by atomic mass is 19.1. The van der Waals surface area contributed by atoms with Crippen LogP contribution in [0.25, 0.3) is 0 Å². The van der Waals surface area contributed by atoms with Gasteiger partial charge in [0.1, 0.15) is 5.82 Å². The monoisotopic (exact) mass is 330 g/mol. The number of nitrogens with zero attached hydrogens (tertiary/aromatic N) is 1. The molecule has 2 rings (SSSR count). The summed E-state index contributed by atoms with van der Waals surface area (Å²) < 4.78 is 13.1.